The lowest BCUT2D eigenvalue weighted by atomic mass is 9.87. The average molecular weight is 417 g/mol. The highest BCUT2D eigenvalue weighted by Gasteiger charge is 2.22. The monoisotopic (exact) mass is 416 g/mol. The van der Waals surface area contributed by atoms with E-state index in [1.54, 1.807) is 0 Å². The molecule has 0 atom stereocenters. The van der Waals surface area contributed by atoms with Crippen molar-refractivity contribution in [3.8, 4) is 0 Å². The van der Waals surface area contributed by atoms with Crippen molar-refractivity contribution in [3.05, 3.63) is 48.6 Å². The molecule has 1 amide bonds. The van der Waals surface area contributed by atoms with Crippen LogP contribution in [0.3, 0.4) is 0 Å². The van der Waals surface area contributed by atoms with E-state index < -0.39 is 0 Å². The average Bonchev–Trinajstić information content (AvgIpc) is 2.79. The van der Waals surface area contributed by atoms with Crippen molar-refractivity contribution in [2.45, 2.75) is 70.5 Å². The molecule has 0 saturated heterocycles. The Kier molecular flexibility index (Phi) is 13.0. The van der Waals surface area contributed by atoms with E-state index in [1.165, 1.54) is 19.3 Å². The van der Waals surface area contributed by atoms with Crippen molar-refractivity contribution in [1.82, 2.24) is 10.6 Å². The topological polar surface area (TPSA) is 59.6 Å². The summed E-state index contributed by atoms with van der Waals surface area (Å²) >= 11 is 0. The number of benzene rings is 1. The lowest BCUT2D eigenvalue weighted by molar-refractivity contribution is 0.0161. The summed E-state index contributed by atoms with van der Waals surface area (Å²) in [4.78, 5) is 11.9. The van der Waals surface area contributed by atoms with Crippen molar-refractivity contribution in [3.63, 3.8) is 0 Å². The molecule has 0 bridgehead atoms. The predicted octanol–water partition coefficient (Wildman–Crippen LogP) is 5.21. The molecule has 5 heteroatoms. The van der Waals surface area contributed by atoms with Crippen LogP contribution in [0.5, 0.6) is 0 Å². The SMILES string of the molecule is C=CCCNCCCCCCOC1CCC(CNC(=O)OCc2ccccc2)CC1. The molecule has 2 N–H and O–H groups in total. The summed E-state index contributed by atoms with van der Waals surface area (Å²) in [6.45, 7) is 7.77. The second-order valence-electron chi connectivity index (χ2n) is 8.20. The zero-order valence-electron chi connectivity index (χ0n) is 18.5. The van der Waals surface area contributed by atoms with Crippen LogP contribution in [-0.4, -0.2) is 38.4 Å². The van der Waals surface area contributed by atoms with Gasteiger partial charge in [0, 0.05) is 13.2 Å². The molecule has 5 nitrogen and oxygen atoms in total. The first-order chi connectivity index (χ1) is 14.8. The Hall–Kier alpha value is -1.85. The summed E-state index contributed by atoms with van der Waals surface area (Å²) < 4.78 is 11.3. The van der Waals surface area contributed by atoms with Gasteiger partial charge in [0.25, 0.3) is 0 Å². The van der Waals surface area contributed by atoms with Gasteiger partial charge in [-0.3, -0.25) is 0 Å². The smallest absolute Gasteiger partial charge is 0.407 e. The largest absolute Gasteiger partial charge is 0.445 e. The number of amides is 1. The van der Waals surface area contributed by atoms with Crippen molar-refractivity contribution in [2.24, 2.45) is 5.92 Å². The van der Waals surface area contributed by atoms with Crippen molar-refractivity contribution >= 4 is 6.09 Å². The van der Waals surface area contributed by atoms with E-state index >= 15 is 0 Å². The van der Waals surface area contributed by atoms with Crippen LogP contribution in [0.15, 0.2) is 43.0 Å². The second-order valence-corrected chi connectivity index (χ2v) is 8.20. The summed E-state index contributed by atoms with van der Waals surface area (Å²) in [5.41, 5.74) is 1.01. The van der Waals surface area contributed by atoms with Crippen molar-refractivity contribution in [1.29, 1.82) is 0 Å². The van der Waals surface area contributed by atoms with Gasteiger partial charge in [-0.25, -0.2) is 4.79 Å². The van der Waals surface area contributed by atoms with E-state index in [4.69, 9.17) is 9.47 Å². The molecule has 0 spiro atoms. The normalized spacial score (nSPS) is 18.7. The van der Waals surface area contributed by atoms with Crippen molar-refractivity contribution < 1.29 is 14.3 Å². The van der Waals surface area contributed by atoms with E-state index in [-0.39, 0.29) is 6.09 Å². The number of ether oxygens (including phenoxy) is 2. The van der Waals surface area contributed by atoms with Crippen LogP contribution in [0.1, 0.15) is 63.4 Å². The minimum Gasteiger partial charge on any atom is -0.445 e. The van der Waals surface area contributed by atoms with E-state index in [0.29, 0.717) is 25.2 Å². The molecule has 1 aliphatic carbocycles. The standard InChI is InChI=1S/C25H40N2O3/c1-2-3-17-26-18-9-4-5-10-19-29-24-15-13-22(14-16-24)20-27-25(28)30-21-23-11-7-6-8-12-23/h2,6-8,11-12,22,24,26H,1,3-5,9-10,13-21H2,(H,27,28). The second kappa shape index (κ2) is 15.9. The molecular formula is C25H40N2O3. The van der Waals surface area contributed by atoms with Gasteiger partial charge in [0.05, 0.1) is 6.10 Å². The maximum atomic E-state index is 11.9. The molecule has 0 heterocycles. The third-order valence-corrected chi connectivity index (χ3v) is 5.67. The van der Waals surface area contributed by atoms with Gasteiger partial charge in [0.15, 0.2) is 0 Å². The van der Waals surface area contributed by atoms with Crippen LogP contribution in [0.4, 0.5) is 4.79 Å². The number of alkyl carbamates (subject to hydrolysis) is 1. The lowest BCUT2D eigenvalue weighted by Gasteiger charge is -2.28. The summed E-state index contributed by atoms with van der Waals surface area (Å²) in [5, 5.41) is 6.34. The van der Waals surface area contributed by atoms with Gasteiger partial charge in [-0.05, 0) is 69.5 Å². The third kappa shape index (κ3) is 11.4. The van der Waals surface area contributed by atoms with E-state index in [1.807, 2.05) is 36.4 Å². The van der Waals surface area contributed by atoms with Crippen LogP contribution >= 0.6 is 0 Å². The predicted molar refractivity (Wildman–Crippen MR) is 122 cm³/mol. The fourth-order valence-electron chi connectivity index (χ4n) is 3.79. The van der Waals surface area contributed by atoms with Gasteiger partial charge >= 0.3 is 6.09 Å². The fraction of sp³-hybridized carbons (Fsp3) is 0.640. The minimum absolute atomic E-state index is 0.319. The first-order valence-corrected chi connectivity index (χ1v) is 11.7. The van der Waals surface area contributed by atoms with E-state index in [0.717, 1.165) is 63.8 Å². The Labute approximate surface area is 182 Å². The Morgan fingerprint density at radius 1 is 1.03 bits per heavy atom. The molecule has 1 fully saturated rings. The van der Waals surface area contributed by atoms with Crippen LogP contribution in [0, 0.1) is 5.92 Å². The fourth-order valence-corrected chi connectivity index (χ4v) is 3.79. The number of carbonyl (C=O) groups excluding carboxylic acids is 1. The van der Waals surface area contributed by atoms with Gasteiger partial charge in [-0.15, -0.1) is 6.58 Å². The van der Waals surface area contributed by atoms with Crippen LogP contribution in [-0.2, 0) is 16.1 Å². The van der Waals surface area contributed by atoms with Crippen LogP contribution in [0.2, 0.25) is 0 Å². The highest BCUT2D eigenvalue weighted by Crippen LogP contribution is 2.26. The highest BCUT2D eigenvalue weighted by molar-refractivity contribution is 5.67. The maximum Gasteiger partial charge on any atom is 0.407 e. The summed E-state index contributed by atoms with van der Waals surface area (Å²) in [7, 11) is 0. The molecule has 1 saturated carbocycles. The van der Waals surface area contributed by atoms with Crippen LogP contribution < -0.4 is 10.6 Å². The minimum atomic E-state index is -0.326. The Morgan fingerprint density at radius 3 is 2.57 bits per heavy atom. The van der Waals surface area contributed by atoms with Gasteiger partial charge < -0.3 is 20.1 Å². The third-order valence-electron chi connectivity index (χ3n) is 5.67. The molecule has 1 aromatic carbocycles. The number of rotatable bonds is 15. The molecule has 30 heavy (non-hydrogen) atoms. The van der Waals surface area contributed by atoms with E-state index in [9.17, 15) is 4.79 Å². The van der Waals surface area contributed by atoms with E-state index in [2.05, 4.69) is 17.2 Å². The number of unbranched alkanes of at least 4 members (excludes halogenated alkanes) is 3. The number of nitrogens with one attached hydrogen (secondary N) is 2. The van der Waals surface area contributed by atoms with Gasteiger partial charge in [-0.2, -0.15) is 0 Å². The van der Waals surface area contributed by atoms with Gasteiger partial charge in [0.1, 0.15) is 6.61 Å². The molecule has 1 aromatic rings. The molecule has 0 unspecified atom stereocenters. The maximum absolute atomic E-state index is 11.9. The van der Waals surface area contributed by atoms with Gasteiger partial charge in [0.2, 0.25) is 0 Å². The highest BCUT2D eigenvalue weighted by atomic mass is 16.5. The quantitative estimate of drug-likeness (QED) is 0.304. The molecule has 0 aliphatic heterocycles. The Bertz CT molecular complexity index is 571. The number of hydrogen-bond acceptors (Lipinski definition) is 4. The lowest BCUT2D eigenvalue weighted by Crippen LogP contribution is -2.33. The summed E-state index contributed by atoms with van der Waals surface area (Å²) in [5.74, 6) is 0.530. The number of carbonyl (C=O) groups is 1. The van der Waals surface area contributed by atoms with Crippen molar-refractivity contribution in [2.75, 3.05) is 26.2 Å². The van der Waals surface area contributed by atoms with Crippen LogP contribution in [0.25, 0.3) is 0 Å². The molecule has 168 valence electrons. The first kappa shape index (κ1) is 24.4. The number of hydrogen-bond donors (Lipinski definition) is 2. The van der Waals surface area contributed by atoms with Gasteiger partial charge in [-0.1, -0.05) is 49.2 Å². The zero-order chi connectivity index (χ0) is 21.3. The summed E-state index contributed by atoms with van der Waals surface area (Å²) in [6.07, 6.45) is 12.4. The Balaban J connectivity index is 1.41. The molecule has 2 rings (SSSR count). The molecule has 0 aromatic heterocycles. The molecule has 0 radical (unpaired) electrons. The Morgan fingerprint density at radius 2 is 1.80 bits per heavy atom. The first-order valence-electron chi connectivity index (χ1n) is 11.7. The molecule has 1 aliphatic rings. The zero-order valence-corrected chi connectivity index (χ0v) is 18.5. The molecular weight excluding hydrogens is 376 g/mol. The summed E-state index contributed by atoms with van der Waals surface area (Å²) in [6, 6.07) is 9.76.